The molecule has 0 N–H and O–H groups in total. The van der Waals surface area contributed by atoms with E-state index in [4.69, 9.17) is 9.47 Å². The largest absolute Gasteiger partial charge is 0.497 e. The Kier molecular flexibility index (Phi) is 8.10. The molecule has 1 atom stereocenters. The molecule has 9 heteroatoms. The van der Waals surface area contributed by atoms with Gasteiger partial charge in [0.2, 0.25) is 15.9 Å². The SMILES string of the molecule is COc1cccc(CC(=O)N2CCC(N(CCCN3CCOCC3)S(C)(=O)=O)C2)c1. The summed E-state index contributed by atoms with van der Waals surface area (Å²) in [4.78, 5) is 16.8. The number of ether oxygens (including phenoxy) is 2. The van der Waals surface area contributed by atoms with E-state index in [9.17, 15) is 13.2 Å². The Morgan fingerprint density at radius 3 is 2.73 bits per heavy atom. The molecule has 0 radical (unpaired) electrons. The van der Waals surface area contributed by atoms with Gasteiger partial charge in [0, 0.05) is 38.8 Å². The number of methoxy groups -OCH3 is 1. The Hall–Kier alpha value is -1.68. The molecule has 168 valence electrons. The van der Waals surface area contributed by atoms with Gasteiger partial charge in [0.1, 0.15) is 5.75 Å². The lowest BCUT2D eigenvalue weighted by Crippen LogP contribution is -2.44. The third-order valence-corrected chi connectivity index (χ3v) is 7.13. The van der Waals surface area contributed by atoms with Crippen molar-refractivity contribution >= 4 is 15.9 Å². The van der Waals surface area contributed by atoms with Crippen molar-refractivity contribution in [1.29, 1.82) is 0 Å². The van der Waals surface area contributed by atoms with Crippen LogP contribution in [-0.4, -0.2) is 100 Å². The highest BCUT2D eigenvalue weighted by molar-refractivity contribution is 7.88. The lowest BCUT2D eigenvalue weighted by Gasteiger charge is -2.30. The van der Waals surface area contributed by atoms with Gasteiger partial charge in [-0.3, -0.25) is 9.69 Å². The van der Waals surface area contributed by atoms with E-state index in [1.165, 1.54) is 6.26 Å². The van der Waals surface area contributed by atoms with Crippen LogP contribution in [0.3, 0.4) is 0 Å². The fraction of sp³-hybridized carbons (Fsp3) is 0.667. The van der Waals surface area contributed by atoms with Gasteiger partial charge in [-0.1, -0.05) is 12.1 Å². The highest BCUT2D eigenvalue weighted by atomic mass is 32.2. The quantitative estimate of drug-likeness (QED) is 0.567. The van der Waals surface area contributed by atoms with Crippen LogP contribution in [0, 0.1) is 0 Å². The predicted molar refractivity (Wildman–Crippen MR) is 115 cm³/mol. The molecule has 30 heavy (non-hydrogen) atoms. The van der Waals surface area contributed by atoms with E-state index in [1.54, 1.807) is 16.3 Å². The molecule has 2 fully saturated rings. The maximum absolute atomic E-state index is 12.8. The summed E-state index contributed by atoms with van der Waals surface area (Å²) in [6.07, 6.45) is 3.01. The van der Waals surface area contributed by atoms with Crippen molar-refractivity contribution in [2.75, 3.05) is 65.8 Å². The van der Waals surface area contributed by atoms with Crippen LogP contribution in [0.4, 0.5) is 0 Å². The minimum Gasteiger partial charge on any atom is -0.497 e. The molecule has 0 aliphatic carbocycles. The first kappa shape index (κ1) is 23.0. The minimum absolute atomic E-state index is 0.0209. The Labute approximate surface area is 179 Å². The van der Waals surface area contributed by atoms with Crippen LogP contribution < -0.4 is 4.74 Å². The minimum atomic E-state index is -3.33. The molecule has 1 unspecified atom stereocenters. The molecule has 3 rings (SSSR count). The molecule has 8 nitrogen and oxygen atoms in total. The van der Waals surface area contributed by atoms with Crippen molar-refractivity contribution in [2.45, 2.75) is 25.3 Å². The topological polar surface area (TPSA) is 79.4 Å². The van der Waals surface area contributed by atoms with Crippen molar-refractivity contribution in [3.8, 4) is 5.75 Å². The molecule has 0 spiro atoms. The molecule has 1 amide bonds. The Morgan fingerprint density at radius 1 is 1.27 bits per heavy atom. The Morgan fingerprint density at radius 2 is 2.03 bits per heavy atom. The van der Waals surface area contributed by atoms with Crippen LogP contribution >= 0.6 is 0 Å². The van der Waals surface area contributed by atoms with E-state index < -0.39 is 10.0 Å². The smallest absolute Gasteiger partial charge is 0.227 e. The maximum Gasteiger partial charge on any atom is 0.227 e. The van der Waals surface area contributed by atoms with E-state index in [-0.39, 0.29) is 11.9 Å². The van der Waals surface area contributed by atoms with Crippen molar-refractivity contribution in [3.63, 3.8) is 0 Å². The molecule has 2 aliphatic rings. The molecule has 1 aromatic carbocycles. The van der Waals surface area contributed by atoms with Crippen LogP contribution in [0.5, 0.6) is 5.75 Å². The molecule has 0 bridgehead atoms. The summed E-state index contributed by atoms with van der Waals surface area (Å²) >= 11 is 0. The molecular formula is C21H33N3O5S. The average Bonchev–Trinajstić information content (AvgIpc) is 3.21. The van der Waals surface area contributed by atoms with Crippen LogP contribution in [0.2, 0.25) is 0 Å². The Balaban J connectivity index is 1.53. The van der Waals surface area contributed by atoms with E-state index in [0.717, 1.165) is 50.6 Å². The highest BCUT2D eigenvalue weighted by Crippen LogP contribution is 2.21. The molecule has 2 saturated heterocycles. The fourth-order valence-corrected chi connectivity index (χ4v) is 5.34. The first-order valence-electron chi connectivity index (χ1n) is 10.5. The van der Waals surface area contributed by atoms with Gasteiger partial charge < -0.3 is 14.4 Å². The third-order valence-electron chi connectivity index (χ3n) is 5.80. The number of amides is 1. The van der Waals surface area contributed by atoms with Gasteiger partial charge in [-0.15, -0.1) is 0 Å². The number of nitrogens with zero attached hydrogens (tertiary/aromatic N) is 3. The summed E-state index contributed by atoms with van der Waals surface area (Å²) in [6, 6.07) is 7.33. The fourth-order valence-electron chi connectivity index (χ4n) is 4.17. The van der Waals surface area contributed by atoms with Gasteiger partial charge in [0.25, 0.3) is 0 Å². The van der Waals surface area contributed by atoms with Crippen LogP contribution in [0.25, 0.3) is 0 Å². The van der Waals surface area contributed by atoms with Gasteiger partial charge >= 0.3 is 0 Å². The zero-order valence-corrected chi connectivity index (χ0v) is 18.8. The van der Waals surface area contributed by atoms with Gasteiger partial charge in [-0.2, -0.15) is 4.31 Å². The number of rotatable bonds is 9. The van der Waals surface area contributed by atoms with Crippen molar-refractivity contribution < 1.29 is 22.7 Å². The van der Waals surface area contributed by atoms with E-state index >= 15 is 0 Å². The summed E-state index contributed by atoms with van der Waals surface area (Å²) in [7, 11) is -1.73. The van der Waals surface area contributed by atoms with Gasteiger partial charge in [-0.05, 0) is 37.1 Å². The standard InChI is InChI=1S/C21H33N3O5S/c1-28-20-6-3-5-18(15-20)16-21(25)23-10-7-19(17-23)24(30(2,26)27)9-4-8-22-11-13-29-14-12-22/h3,5-6,15,19H,4,7-14,16-17H2,1-2H3. The van der Waals surface area contributed by atoms with Crippen LogP contribution in [-0.2, 0) is 26.0 Å². The maximum atomic E-state index is 12.8. The second-order valence-electron chi connectivity index (χ2n) is 7.99. The van der Waals surface area contributed by atoms with Crippen LogP contribution in [0.1, 0.15) is 18.4 Å². The number of morpholine rings is 1. The van der Waals surface area contributed by atoms with Crippen LogP contribution in [0.15, 0.2) is 24.3 Å². The van der Waals surface area contributed by atoms with Gasteiger partial charge in [0.05, 0.1) is 33.0 Å². The second-order valence-corrected chi connectivity index (χ2v) is 9.93. The number of sulfonamides is 1. The number of carbonyl (C=O) groups excluding carboxylic acids is 1. The zero-order valence-electron chi connectivity index (χ0n) is 18.0. The lowest BCUT2D eigenvalue weighted by atomic mass is 10.1. The molecule has 2 aliphatic heterocycles. The molecule has 1 aromatic rings. The number of hydrogen-bond acceptors (Lipinski definition) is 6. The highest BCUT2D eigenvalue weighted by Gasteiger charge is 2.34. The van der Waals surface area contributed by atoms with E-state index in [0.29, 0.717) is 32.5 Å². The Bertz CT molecular complexity index is 811. The summed E-state index contributed by atoms with van der Waals surface area (Å²) in [5.41, 5.74) is 0.897. The van der Waals surface area contributed by atoms with Crippen molar-refractivity contribution in [2.24, 2.45) is 0 Å². The number of likely N-dealkylation sites (tertiary alicyclic amines) is 1. The number of carbonyl (C=O) groups is 1. The zero-order chi connectivity index (χ0) is 21.6. The second kappa shape index (κ2) is 10.6. The molecular weight excluding hydrogens is 406 g/mol. The summed E-state index contributed by atoms with van der Waals surface area (Å²) in [5, 5.41) is 0. The summed E-state index contributed by atoms with van der Waals surface area (Å²) in [6.45, 7) is 5.66. The van der Waals surface area contributed by atoms with E-state index in [1.807, 2.05) is 24.3 Å². The van der Waals surface area contributed by atoms with Crippen molar-refractivity contribution in [3.05, 3.63) is 29.8 Å². The van der Waals surface area contributed by atoms with Gasteiger partial charge in [0.15, 0.2) is 0 Å². The third kappa shape index (κ3) is 6.41. The molecule has 2 heterocycles. The number of benzene rings is 1. The average molecular weight is 440 g/mol. The molecule has 0 saturated carbocycles. The number of hydrogen-bond donors (Lipinski definition) is 0. The van der Waals surface area contributed by atoms with Gasteiger partial charge in [-0.25, -0.2) is 8.42 Å². The normalized spacial score (nSPS) is 20.6. The first-order valence-corrected chi connectivity index (χ1v) is 12.4. The predicted octanol–water partition coefficient (Wildman–Crippen LogP) is 0.823. The summed E-state index contributed by atoms with van der Waals surface area (Å²) in [5.74, 6) is 0.746. The molecule has 0 aromatic heterocycles. The summed E-state index contributed by atoms with van der Waals surface area (Å²) < 4.78 is 37.0. The monoisotopic (exact) mass is 439 g/mol. The van der Waals surface area contributed by atoms with E-state index in [2.05, 4.69) is 4.90 Å². The lowest BCUT2D eigenvalue weighted by molar-refractivity contribution is -0.129. The first-order chi connectivity index (χ1) is 14.4. The van der Waals surface area contributed by atoms with Crippen molar-refractivity contribution in [1.82, 2.24) is 14.1 Å².